The topological polar surface area (TPSA) is 26.0 Å². The molecule has 0 amide bonds. The first-order valence-electron chi connectivity index (χ1n) is 4.91. The van der Waals surface area contributed by atoms with Crippen LogP contribution in [-0.2, 0) is 6.54 Å². The van der Waals surface area contributed by atoms with Crippen molar-refractivity contribution >= 4 is 10.8 Å². The van der Waals surface area contributed by atoms with Crippen LogP contribution in [0.3, 0.4) is 0 Å². The lowest BCUT2D eigenvalue weighted by Gasteiger charge is -2.07. The quantitative estimate of drug-likeness (QED) is 0.726. The number of rotatable bonds is 1. The maximum Gasteiger partial charge on any atom is 0.0180 e. The van der Waals surface area contributed by atoms with E-state index in [0.29, 0.717) is 6.54 Å². The molecule has 0 aliphatic carbocycles. The van der Waals surface area contributed by atoms with Gasteiger partial charge >= 0.3 is 0 Å². The first-order valence-corrected chi connectivity index (χ1v) is 4.91. The average Bonchev–Trinajstić information content (AvgIpc) is 2.19. The van der Waals surface area contributed by atoms with Crippen molar-refractivity contribution in [3.8, 4) is 0 Å². The summed E-state index contributed by atoms with van der Waals surface area (Å²) >= 11 is 0. The van der Waals surface area contributed by atoms with Crippen LogP contribution < -0.4 is 5.73 Å². The third-order valence-corrected chi connectivity index (χ3v) is 2.77. The van der Waals surface area contributed by atoms with Gasteiger partial charge < -0.3 is 5.73 Å². The molecule has 0 atom stereocenters. The summed E-state index contributed by atoms with van der Waals surface area (Å²) in [5, 5.41) is 2.62. The van der Waals surface area contributed by atoms with Crippen LogP contribution in [0, 0.1) is 13.8 Å². The van der Waals surface area contributed by atoms with Crippen LogP contribution in [0.1, 0.15) is 16.7 Å². The second-order valence-electron chi connectivity index (χ2n) is 3.78. The Labute approximate surface area is 84.5 Å². The Morgan fingerprint density at radius 3 is 2.57 bits per heavy atom. The van der Waals surface area contributed by atoms with E-state index in [4.69, 9.17) is 5.73 Å². The Morgan fingerprint density at radius 2 is 1.86 bits per heavy atom. The molecule has 1 heteroatoms. The minimum absolute atomic E-state index is 0.621. The molecule has 0 radical (unpaired) electrons. The molecule has 1 nitrogen and oxygen atoms in total. The number of hydrogen-bond donors (Lipinski definition) is 1. The van der Waals surface area contributed by atoms with Crippen molar-refractivity contribution in [2.24, 2.45) is 5.73 Å². The number of fused-ring (bicyclic) bond motifs is 1. The van der Waals surface area contributed by atoms with Gasteiger partial charge in [0, 0.05) is 6.54 Å². The second-order valence-corrected chi connectivity index (χ2v) is 3.78. The summed E-state index contributed by atoms with van der Waals surface area (Å²) in [6.45, 7) is 4.88. The van der Waals surface area contributed by atoms with Crippen molar-refractivity contribution in [2.45, 2.75) is 20.4 Å². The fraction of sp³-hybridized carbons (Fsp3) is 0.231. The molecule has 2 N–H and O–H groups in total. The van der Waals surface area contributed by atoms with E-state index in [1.807, 2.05) is 0 Å². The van der Waals surface area contributed by atoms with E-state index in [-0.39, 0.29) is 0 Å². The van der Waals surface area contributed by atoms with Crippen molar-refractivity contribution in [1.82, 2.24) is 0 Å². The van der Waals surface area contributed by atoms with E-state index >= 15 is 0 Å². The summed E-state index contributed by atoms with van der Waals surface area (Å²) in [5.41, 5.74) is 9.53. The summed E-state index contributed by atoms with van der Waals surface area (Å²) in [5.74, 6) is 0. The molecule has 14 heavy (non-hydrogen) atoms. The van der Waals surface area contributed by atoms with Gasteiger partial charge in [0.05, 0.1) is 0 Å². The third-order valence-electron chi connectivity index (χ3n) is 2.77. The average molecular weight is 185 g/mol. The number of nitrogens with two attached hydrogens (primary N) is 1. The summed E-state index contributed by atoms with van der Waals surface area (Å²) in [7, 11) is 0. The molecule has 2 aromatic rings. The van der Waals surface area contributed by atoms with E-state index in [2.05, 4.69) is 44.2 Å². The van der Waals surface area contributed by atoms with Gasteiger partial charge in [-0.15, -0.1) is 0 Å². The Kier molecular flexibility index (Phi) is 2.26. The zero-order valence-electron chi connectivity index (χ0n) is 8.67. The summed E-state index contributed by atoms with van der Waals surface area (Å²) < 4.78 is 0. The lowest BCUT2D eigenvalue weighted by molar-refractivity contribution is 1.05. The first-order chi connectivity index (χ1) is 6.72. The molecule has 0 unspecified atom stereocenters. The van der Waals surface area contributed by atoms with Gasteiger partial charge in [-0.05, 0) is 47.4 Å². The molecule has 0 aliphatic heterocycles. The van der Waals surface area contributed by atoms with Gasteiger partial charge in [-0.1, -0.05) is 24.3 Å². The van der Waals surface area contributed by atoms with Crippen LogP contribution in [0.25, 0.3) is 10.8 Å². The molecule has 72 valence electrons. The number of hydrogen-bond acceptors (Lipinski definition) is 1. The summed E-state index contributed by atoms with van der Waals surface area (Å²) in [4.78, 5) is 0. The highest BCUT2D eigenvalue weighted by molar-refractivity contribution is 5.87. The first kappa shape index (κ1) is 9.22. The van der Waals surface area contributed by atoms with Crippen LogP contribution in [0.15, 0.2) is 30.3 Å². The van der Waals surface area contributed by atoms with Crippen LogP contribution in [0.5, 0.6) is 0 Å². The summed E-state index contributed by atoms with van der Waals surface area (Å²) in [6.07, 6.45) is 0. The predicted octanol–water partition coefficient (Wildman–Crippen LogP) is 2.92. The molecule has 0 aromatic heterocycles. The van der Waals surface area contributed by atoms with E-state index < -0.39 is 0 Å². The molecule has 0 fully saturated rings. The lowest BCUT2D eigenvalue weighted by Crippen LogP contribution is -1.99. The number of aryl methyl sites for hydroxylation is 2. The fourth-order valence-corrected chi connectivity index (χ4v) is 1.86. The smallest absolute Gasteiger partial charge is 0.0180 e. The van der Waals surface area contributed by atoms with Crippen molar-refractivity contribution in [3.63, 3.8) is 0 Å². The maximum absolute atomic E-state index is 5.68. The molecule has 0 aliphatic rings. The maximum atomic E-state index is 5.68. The fourth-order valence-electron chi connectivity index (χ4n) is 1.86. The second kappa shape index (κ2) is 3.43. The zero-order valence-corrected chi connectivity index (χ0v) is 8.67. The molecule has 0 bridgehead atoms. The Morgan fingerprint density at radius 1 is 1.07 bits per heavy atom. The standard InChI is InChI=1S/C13H15N/c1-9-4-3-5-11-7-12(8-14)10(2)6-13(9)11/h3-7H,8,14H2,1-2H3. The molecular formula is C13H15N. The van der Waals surface area contributed by atoms with Crippen molar-refractivity contribution in [3.05, 3.63) is 47.0 Å². The van der Waals surface area contributed by atoms with E-state index in [1.54, 1.807) is 0 Å². The molecule has 2 rings (SSSR count). The van der Waals surface area contributed by atoms with Gasteiger partial charge in [0.1, 0.15) is 0 Å². The summed E-state index contributed by atoms with van der Waals surface area (Å²) in [6, 6.07) is 10.8. The van der Waals surface area contributed by atoms with E-state index in [1.165, 1.54) is 27.5 Å². The van der Waals surface area contributed by atoms with Crippen molar-refractivity contribution in [1.29, 1.82) is 0 Å². The monoisotopic (exact) mass is 185 g/mol. The number of benzene rings is 2. The highest BCUT2D eigenvalue weighted by atomic mass is 14.5. The van der Waals surface area contributed by atoms with Crippen LogP contribution in [-0.4, -0.2) is 0 Å². The molecule has 0 heterocycles. The molecule has 0 saturated carbocycles. The van der Waals surface area contributed by atoms with Gasteiger partial charge in [0.25, 0.3) is 0 Å². The molecular weight excluding hydrogens is 170 g/mol. The van der Waals surface area contributed by atoms with Gasteiger partial charge in [0.15, 0.2) is 0 Å². The van der Waals surface area contributed by atoms with Crippen LogP contribution in [0.2, 0.25) is 0 Å². The van der Waals surface area contributed by atoms with Crippen LogP contribution >= 0.6 is 0 Å². The zero-order chi connectivity index (χ0) is 10.1. The van der Waals surface area contributed by atoms with Gasteiger partial charge in [-0.3, -0.25) is 0 Å². The predicted molar refractivity (Wildman–Crippen MR) is 61.3 cm³/mol. The largest absolute Gasteiger partial charge is 0.326 e. The van der Waals surface area contributed by atoms with Crippen molar-refractivity contribution in [2.75, 3.05) is 0 Å². The van der Waals surface area contributed by atoms with Gasteiger partial charge in [-0.2, -0.15) is 0 Å². The minimum atomic E-state index is 0.621. The Balaban J connectivity index is 2.79. The van der Waals surface area contributed by atoms with Gasteiger partial charge in [-0.25, -0.2) is 0 Å². The highest BCUT2D eigenvalue weighted by Gasteiger charge is 2.01. The SMILES string of the molecule is Cc1cc2c(C)cccc2cc1CN. The minimum Gasteiger partial charge on any atom is -0.326 e. The van der Waals surface area contributed by atoms with Crippen molar-refractivity contribution < 1.29 is 0 Å². The normalized spacial score (nSPS) is 10.8. The van der Waals surface area contributed by atoms with Gasteiger partial charge in [0.2, 0.25) is 0 Å². The Hall–Kier alpha value is -1.34. The van der Waals surface area contributed by atoms with E-state index in [9.17, 15) is 0 Å². The molecule has 0 saturated heterocycles. The van der Waals surface area contributed by atoms with Crippen LogP contribution in [0.4, 0.5) is 0 Å². The third kappa shape index (κ3) is 1.40. The lowest BCUT2D eigenvalue weighted by atomic mass is 9.99. The molecule has 0 spiro atoms. The Bertz CT molecular complexity index is 472. The highest BCUT2D eigenvalue weighted by Crippen LogP contribution is 2.22. The molecule has 2 aromatic carbocycles. The van der Waals surface area contributed by atoms with E-state index in [0.717, 1.165) is 0 Å².